The topological polar surface area (TPSA) is 75.9 Å². The Balaban J connectivity index is 1.18. The number of amides is 1. The van der Waals surface area contributed by atoms with Gasteiger partial charge < -0.3 is 10.2 Å². The first-order valence-electron chi connectivity index (χ1n) is 10.3. The zero-order valence-electron chi connectivity index (χ0n) is 17.0. The maximum absolute atomic E-state index is 12.4. The molecule has 1 aromatic carbocycles. The third kappa shape index (κ3) is 4.16. The van der Waals surface area contributed by atoms with E-state index < -0.39 is 0 Å². The Bertz CT molecular complexity index is 1170. The lowest BCUT2D eigenvalue weighted by molar-refractivity contribution is 0.0950. The summed E-state index contributed by atoms with van der Waals surface area (Å²) in [6, 6.07) is 17.9. The van der Waals surface area contributed by atoms with E-state index >= 15 is 0 Å². The Labute approximate surface area is 180 Å². The van der Waals surface area contributed by atoms with E-state index in [1.165, 1.54) is 11.1 Å². The van der Waals surface area contributed by atoms with Crippen LogP contribution in [0.25, 0.3) is 5.82 Å². The van der Waals surface area contributed by atoms with Gasteiger partial charge in [-0.15, -0.1) is 0 Å². The predicted molar refractivity (Wildman–Crippen MR) is 118 cm³/mol. The second-order valence-electron chi connectivity index (χ2n) is 7.50. The second-order valence-corrected chi connectivity index (χ2v) is 7.50. The molecule has 7 nitrogen and oxygen atoms in total. The summed E-state index contributed by atoms with van der Waals surface area (Å²) in [6.07, 6.45) is 7.91. The van der Waals surface area contributed by atoms with E-state index in [-0.39, 0.29) is 5.91 Å². The van der Waals surface area contributed by atoms with Gasteiger partial charge in [-0.1, -0.05) is 30.3 Å². The third-order valence-corrected chi connectivity index (χ3v) is 5.47. The van der Waals surface area contributed by atoms with Crippen molar-refractivity contribution in [3.05, 3.63) is 102 Å². The number of aromatic nitrogens is 4. The number of nitrogens with one attached hydrogen (secondary N) is 1. The number of hydrogen-bond donors (Lipinski definition) is 1. The lowest BCUT2D eigenvalue weighted by Crippen LogP contribution is -2.31. The maximum Gasteiger partial charge on any atom is 0.253 e. The predicted octanol–water partition coefficient (Wildman–Crippen LogP) is 3.16. The van der Waals surface area contributed by atoms with Crippen molar-refractivity contribution in [2.45, 2.75) is 19.5 Å². The average molecular weight is 410 g/mol. The summed E-state index contributed by atoms with van der Waals surface area (Å²) < 4.78 is 1.65. The molecular formula is C24H22N6O. The molecule has 0 saturated heterocycles. The zero-order chi connectivity index (χ0) is 21.0. The van der Waals surface area contributed by atoms with Gasteiger partial charge in [-0.3, -0.25) is 4.79 Å². The van der Waals surface area contributed by atoms with E-state index in [2.05, 4.69) is 49.5 Å². The van der Waals surface area contributed by atoms with Gasteiger partial charge in [0.25, 0.3) is 5.91 Å². The molecule has 0 radical (unpaired) electrons. The first-order valence-corrected chi connectivity index (χ1v) is 10.3. The molecule has 0 unspecified atom stereocenters. The fraction of sp³-hybridized carbons (Fsp3) is 0.167. The number of rotatable bonds is 5. The lowest BCUT2D eigenvalue weighted by atomic mass is 10.00. The van der Waals surface area contributed by atoms with Crippen LogP contribution in [0.1, 0.15) is 27.0 Å². The Hall–Kier alpha value is -4.00. The average Bonchev–Trinajstić information content (AvgIpc) is 3.38. The van der Waals surface area contributed by atoms with Gasteiger partial charge in [0, 0.05) is 44.4 Å². The Morgan fingerprint density at radius 1 is 0.935 bits per heavy atom. The first kappa shape index (κ1) is 19.0. The van der Waals surface area contributed by atoms with Crippen molar-refractivity contribution < 1.29 is 4.79 Å². The highest BCUT2D eigenvalue weighted by molar-refractivity contribution is 5.93. The van der Waals surface area contributed by atoms with Gasteiger partial charge in [0.1, 0.15) is 5.82 Å². The molecular weight excluding hydrogens is 388 g/mol. The highest BCUT2D eigenvalue weighted by atomic mass is 16.1. The molecule has 4 heterocycles. The summed E-state index contributed by atoms with van der Waals surface area (Å²) >= 11 is 0. The molecule has 1 aliphatic heterocycles. The number of carbonyl (C=O) groups is 1. The van der Waals surface area contributed by atoms with Crippen LogP contribution in [0.5, 0.6) is 0 Å². The number of pyridine rings is 2. The van der Waals surface area contributed by atoms with Crippen LogP contribution in [0.3, 0.4) is 0 Å². The van der Waals surface area contributed by atoms with Gasteiger partial charge in [-0.05, 0) is 47.4 Å². The van der Waals surface area contributed by atoms with E-state index in [0.717, 1.165) is 30.9 Å². The molecule has 0 spiro atoms. The first-order chi connectivity index (χ1) is 15.3. The number of fused-ring (bicyclic) bond motifs is 1. The van der Waals surface area contributed by atoms with Crippen molar-refractivity contribution in [1.82, 2.24) is 25.1 Å². The quantitative estimate of drug-likeness (QED) is 0.547. The molecule has 3 aromatic heterocycles. The minimum Gasteiger partial charge on any atom is -0.352 e. The molecule has 5 rings (SSSR count). The van der Waals surface area contributed by atoms with Crippen molar-refractivity contribution in [2.24, 2.45) is 0 Å². The largest absolute Gasteiger partial charge is 0.352 e. The van der Waals surface area contributed by atoms with Crippen LogP contribution in [-0.4, -0.2) is 32.2 Å². The highest BCUT2D eigenvalue weighted by Crippen LogP contribution is 2.23. The molecule has 154 valence electrons. The van der Waals surface area contributed by atoms with Gasteiger partial charge in [-0.25, -0.2) is 14.6 Å². The maximum atomic E-state index is 12.4. The van der Waals surface area contributed by atoms with Crippen LogP contribution >= 0.6 is 0 Å². The van der Waals surface area contributed by atoms with Crippen molar-refractivity contribution in [1.29, 1.82) is 0 Å². The molecule has 1 N–H and O–H groups in total. The van der Waals surface area contributed by atoms with Crippen molar-refractivity contribution >= 4 is 11.7 Å². The van der Waals surface area contributed by atoms with Crippen LogP contribution in [0.4, 0.5) is 5.82 Å². The van der Waals surface area contributed by atoms with Crippen LogP contribution in [0, 0.1) is 0 Å². The van der Waals surface area contributed by atoms with Crippen LogP contribution in [-0.2, 0) is 19.5 Å². The van der Waals surface area contributed by atoms with Crippen LogP contribution < -0.4 is 10.2 Å². The molecule has 7 heteroatoms. The van der Waals surface area contributed by atoms with Gasteiger partial charge in [0.05, 0.1) is 5.56 Å². The highest BCUT2D eigenvalue weighted by Gasteiger charge is 2.17. The molecule has 0 saturated carbocycles. The molecule has 31 heavy (non-hydrogen) atoms. The van der Waals surface area contributed by atoms with Crippen LogP contribution in [0.2, 0.25) is 0 Å². The van der Waals surface area contributed by atoms with Gasteiger partial charge >= 0.3 is 0 Å². The van der Waals surface area contributed by atoms with Gasteiger partial charge in [0.15, 0.2) is 5.82 Å². The summed E-state index contributed by atoms with van der Waals surface area (Å²) in [7, 11) is 0. The number of benzene rings is 1. The zero-order valence-corrected chi connectivity index (χ0v) is 17.0. The Morgan fingerprint density at radius 3 is 2.52 bits per heavy atom. The molecule has 0 atom stereocenters. The molecule has 1 amide bonds. The summed E-state index contributed by atoms with van der Waals surface area (Å²) in [4.78, 5) is 23.7. The van der Waals surface area contributed by atoms with Gasteiger partial charge in [-0.2, -0.15) is 5.10 Å². The summed E-state index contributed by atoms with van der Waals surface area (Å²) in [5, 5.41) is 7.06. The normalized spacial score (nSPS) is 13.0. The summed E-state index contributed by atoms with van der Waals surface area (Å²) in [5.41, 5.74) is 4.24. The van der Waals surface area contributed by atoms with Gasteiger partial charge in [0.2, 0.25) is 0 Å². The van der Waals surface area contributed by atoms with Crippen molar-refractivity contribution in [2.75, 3.05) is 11.4 Å². The summed E-state index contributed by atoms with van der Waals surface area (Å²) in [6.45, 7) is 2.25. The fourth-order valence-corrected chi connectivity index (χ4v) is 3.74. The Kier molecular flexibility index (Phi) is 5.14. The fourth-order valence-electron chi connectivity index (χ4n) is 3.74. The number of nitrogens with zero attached hydrogens (tertiary/aromatic N) is 5. The summed E-state index contributed by atoms with van der Waals surface area (Å²) in [5.74, 6) is 1.46. The lowest BCUT2D eigenvalue weighted by Gasteiger charge is -2.29. The number of anilines is 1. The van der Waals surface area contributed by atoms with Crippen LogP contribution in [0.15, 0.2) is 79.4 Å². The van der Waals surface area contributed by atoms with Crippen molar-refractivity contribution in [3.8, 4) is 5.82 Å². The smallest absolute Gasteiger partial charge is 0.253 e. The number of carbonyl (C=O) groups excluding carboxylic acids is 1. The van der Waals surface area contributed by atoms with E-state index in [0.29, 0.717) is 17.9 Å². The SMILES string of the molecule is O=C(NCc1ccc(N2CCc3ccccc3C2)nc1)c1ccc(-n2cccn2)nc1. The monoisotopic (exact) mass is 410 g/mol. The van der Waals surface area contributed by atoms with Crippen molar-refractivity contribution in [3.63, 3.8) is 0 Å². The van der Waals surface area contributed by atoms with E-state index in [9.17, 15) is 4.79 Å². The van der Waals surface area contributed by atoms with E-state index in [4.69, 9.17) is 0 Å². The van der Waals surface area contributed by atoms with E-state index in [1.54, 1.807) is 35.4 Å². The molecule has 0 fully saturated rings. The molecule has 1 aliphatic rings. The molecule has 4 aromatic rings. The molecule has 0 aliphatic carbocycles. The standard InChI is InChI=1S/C24H22N6O/c31-24(20-7-9-23(26-16-20)30-12-3-11-28-30)27-15-18-6-8-22(25-14-18)29-13-10-19-4-1-2-5-21(19)17-29/h1-9,11-12,14,16H,10,13,15,17H2,(H,27,31). The second kappa shape index (κ2) is 8.39. The minimum atomic E-state index is -0.170. The minimum absolute atomic E-state index is 0.170. The third-order valence-electron chi connectivity index (χ3n) is 5.47. The van der Waals surface area contributed by atoms with E-state index in [1.807, 2.05) is 24.4 Å². The Morgan fingerprint density at radius 2 is 1.77 bits per heavy atom. The molecule has 0 bridgehead atoms. The number of hydrogen-bond acceptors (Lipinski definition) is 5.